The van der Waals surface area contributed by atoms with E-state index in [9.17, 15) is 0 Å². The van der Waals surface area contributed by atoms with Crippen LogP contribution in [0, 0.1) is 6.92 Å². The summed E-state index contributed by atoms with van der Waals surface area (Å²) in [7, 11) is 2.17. The summed E-state index contributed by atoms with van der Waals surface area (Å²) >= 11 is 0. The zero-order valence-corrected chi connectivity index (χ0v) is 11.7. The van der Waals surface area contributed by atoms with Gasteiger partial charge < -0.3 is 15.5 Å². The zero-order valence-electron chi connectivity index (χ0n) is 11.7. The van der Waals surface area contributed by atoms with Crippen molar-refractivity contribution in [1.82, 2.24) is 9.88 Å². The highest BCUT2D eigenvalue weighted by Gasteiger charge is 2.16. The first-order valence-electron chi connectivity index (χ1n) is 6.77. The number of rotatable bonds is 3. The zero-order chi connectivity index (χ0) is 13.1. The molecule has 4 heteroatoms. The van der Waals surface area contributed by atoms with Gasteiger partial charge >= 0.3 is 0 Å². The maximum atomic E-state index is 6.08. The molecule has 0 amide bonds. The Hall–Kier alpha value is -1.13. The number of aromatic nitrogens is 1. The number of hydrogen-bond donors (Lipinski definition) is 1. The second-order valence-corrected chi connectivity index (χ2v) is 5.20. The van der Waals surface area contributed by atoms with Crippen LogP contribution in [-0.4, -0.2) is 43.1 Å². The highest BCUT2D eigenvalue weighted by atomic mass is 15.3. The lowest BCUT2D eigenvalue weighted by Crippen LogP contribution is -2.44. The fourth-order valence-electron chi connectivity index (χ4n) is 2.37. The van der Waals surface area contributed by atoms with Crippen LogP contribution < -0.4 is 10.6 Å². The van der Waals surface area contributed by atoms with Crippen LogP contribution in [0.3, 0.4) is 0 Å². The molecule has 0 saturated carbocycles. The third-order valence-electron chi connectivity index (χ3n) is 3.80. The van der Waals surface area contributed by atoms with Gasteiger partial charge in [-0.05, 0) is 37.6 Å². The minimum Gasteiger partial charge on any atom is -0.354 e. The molecule has 0 radical (unpaired) electrons. The van der Waals surface area contributed by atoms with Crippen molar-refractivity contribution in [2.24, 2.45) is 5.73 Å². The average Bonchev–Trinajstić information content (AvgIpc) is 2.38. The van der Waals surface area contributed by atoms with Gasteiger partial charge in [0, 0.05) is 38.4 Å². The van der Waals surface area contributed by atoms with Gasteiger partial charge in [0.05, 0.1) is 0 Å². The lowest BCUT2D eigenvalue weighted by Gasteiger charge is -2.33. The van der Waals surface area contributed by atoms with E-state index in [0.29, 0.717) is 0 Å². The standard InChI is InChI=1S/C14H24N4/c1-4-13(15)12-10-16-14(9-11(12)2)18-7-5-17(3)6-8-18/h9-10,13H,4-8,15H2,1-3H3. The van der Waals surface area contributed by atoms with Crippen molar-refractivity contribution in [3.63, 3.8) is 0 Å². The SMILES string of the molecule is CCC(N)c1cnc(N2CCN(C)CC2)cc1C. The van der Waals surface area contributed by atoms with E-state index < -0.39 is 0 Å². The second-order valence-electron chi connectivity index (χ2n) is 5.20. The van der Waals surface area contributed by atoms with E-state index in [4.69, 9.17) is 5.73 Å². The number of likely N-dealkylation sites (N-methyl/N-ethyl adjacent to an activating group) is 1. The molecule has 2 rings (SSSR count). The first-order valence-corrected chi connectivity index (χ1v) is 6.77. The fraction of sp³-hybridized carbons (Fsp3) is 0.643. The lowest BCUT2D eigenvalue weighted by molar-refractivity contribution is 0.312. The molecule has 1 unspecified atom stereocenters. The highest BCUT2D eigenvalue weighted by molar-refractivity contribution is 5.44. The number of nitrogens with zero attached hydrogens (tertiary/aromatic N) is 3. The van der Waals surface area contributed by atoms with Crippen LogP contribution in [0.15, 0.2) is 12.3 Å². The molecule has 1 aliphatic rings. The van der Waals surface area contributed by atoms with Gasteiger partial charge in [0.15, 0.2) is 0 Å². The molecule has 1 fully saturated rings. The Balaban J connectivity index is 2.13. The minimum absolute atomic E-state index is 0.110. The molecule has 1 atom stereocenters. The third-order valence-corrected chi connectivity index (χ3v) is 3.80. The van der Waals surface area contributed by atoms with Crippen molar-refractivity contribution in [2.75, 3.05) is 38.1 Å². The van der Waals surface area contributed by atoms with Gasteiger partial charge in [-0.15, -0.1) is 0 Å². The predicted molar refractivity (Wildman–Crippen MR) is 75.9 cm³/mol. The summed E-state index contributed by atoms with van der Waals surface area (Å²) in [4.78, 5) is 9.29. The van der Waals surface area contributed by atoms with Gasteiger partial charge in [0.25, 0.3) is 0 Å². The van der Waals surface area contributed by atoms with Gasteiger partial charge in [-0.1, -0.05) is 6.92 Å². The van der Waals surface area contributed by atoms with Crippen LogP contribution >= 0.6 is 0 Å². The summed E-state index contributed by atoms with van der Waals surface area (Å²) in [5.41, 5.74) is 8.52. The molecule has 1 aromatic rings. The van der Waals surface area contributed by atoms with Gasteiger partial charge in [-0.2, -0.15) is 0 Å². The number of pyridine rings is 1. The van der Waals surface area contributed by atoms with Crippen molar-refractivity contribution < 1.29 is 0 Å². The second kappa shape index (κ2) is 5.67. The van der Waals surface area contributed by atoms with Gasteiger partial charge in [0.1, 0.15) is 5.82 Å². The van der Waals surface area contributed by atoms with E-state index in [1.54, 1.807) is 0 Å². The van der Waals surface area contributed by atoms with Gasteiger partial charge in [0.2, 0.25) is 0 Å². The van der Waals surface area contributed by atoms with Crippen LogP contribution in [0.4, 0.5) is 5.82 Å². The Morgan fingerprint density at radius 3 is 2.56 bits per heavy atom. The topological polar surface area (TPSA) is 45.4 Å². The van der Waals surface area contributed by atoms with Crippen LogP contribution in [0.25, 0.3) is 0 Å². The summed E-state index contributed by atoms with van der Waals surface area (Å²) < 4.78 is 0. The van der Waals surface area contributed by atoms with Crippen molar-refractivity contribution in [3.05, 3.63) is 23.4 Å². The van der Waals surface area contributed by atoms with E-state index in [2.05, 4.69) is 41.7 Å². The molecule has 1 aliphatic heterocycles. The van der Waals surface area contributed by atoms with Crippen molar-refractivity contribution in [3.8, 4) is 0 Å². The maximum absolute atomic E-state index is 6.08. The molecule has 0 bridgehead atoms. The smallest absolute Gasteiger partial charge is 0.128 e. The summed E-state index contributed by atoms with van der Waals surface area (Å²) in [5.74, 6) is 1.09. The summed E-state index contributed by atoms with van der Waals surface area (Å²) in [5, 5.41) is 0. The van der Waals surface area contributed by atoms with E-state index in [0.717, 1.165) is 38.4 Å². The Morgan fingerprint density at radius 2 is 2.00 bits per heavy atom. The van der Waals surface area contributed by atoms with Crippen LogP contribution in [0.1, 0.15) is 30.5 Å². The van der Waals surface area contributed by atoms with Crippen LogP contribution in [-0.2, 0) is 0 Å². The van der Waals surface area contributed by atoms with Crippen LogP contribution in [0.2, 0.25) is 0 Å². The molecule has 0 spiro atoms. The maximum Gasteiger partial charge on any atom is 0.128 e. The van der Waals surface area contributed by atoms with E-state index in [1.165, 1.54) is 11.1 Å². The first kappa shape index (κ1) is 13.3. The lowest BCUT2D eigenvalue weighted by atomic mass is 10.0. The molecule has 4 nitrogen and oxygen atoms in total. The number of piperazine rings is 1. The predicted octanol–water partition coefficient (Wildman–Crippen LogP) is 1.55. The molecule has 2 N–H and O–H groups in total. The largest absolute Gasteiger partial charge is 0.354 e. The third kappa shape index (κ3) is 2.82. The monoisotopic (exact) mass is 248 g/mol. The number of hydrogen-bond acceptors (Lipinski definition) is 4. The quantitative estimate of drug-likeness (QED) is 0.881. The Bertz CT molecular complexity index is 397. The van der Waals surface area contributed by atoms with Crippen LogP contribution in [0.5, 0.6) is 0 Å². The van der Waals surface area contributed by atoms with E-state index in [1.807, 2.05) is 6.20 Å². The molecule has 1 aromatic heterocycles. The molecule has 100 valence electrons. The van der Waals surface area contributed by atoms with Crippen molar-refractivity contribution in [2.45, 2.75) is 26.3 Å². The van der Waals surface area contributed by atoms with E-state index in [-0.39, 0.29) is 6.04 Å². The molecule has 0 aliphatic carbocycles. The highest BCUT2D eigenvalue weighted by Crippen LogP contribution is 2.22. The summed E-state index contributed by atoms with van der Waals surface area (Å²) in [6, 6.07) is 2.29. The average molecular weight is 248 g/mol. The van der Waals surface area contributed by atoms with Crippen molar-refractivity contribution >= 4 is 5.82 Å². The molecule has 1 saturated heterocycles. The molecular formula is C14H24N4. The Kier molecular flexibility index (Phi) is 4.19. The van der Waals surface area contributed by atoms with Gasteiger partial charge in [-0.3, -0.25) is 0 Å². The van der Waals surface area contributed by atoms with Crippen molar-refractivity contribution in [1.29, 1.82) is 0 Å². The number of nitrogens with two attached hydrogens (primary N) is 1. The normalized spacial score (nSPS) is 19.0. The van der Waals surface area contributed by atoms with E-state index >= 15 is 0 Å². The molecule has 2 heterocycles. The number of anilines is 1. The summed E-state index contributed by atoms with van der Waals surface area (Å²) in [6.45, 7) is 8.57. The Morgan fingerprint density at radius 1 is 1.33 bits per heavy atom. The van der Waals surface area contributed by atoms with Gasteiger partial charge in [-0.25, -0.2) is 4.98 Å². The first-order chi connectivity index (χ1) is 8.61. The molecular weight excluding hydrogens is 224 g/mol. The summed E-state index contributed by atoms with van der Waals surface area (Å²) in [6.07, 6.45) is 2.91. The fourth-order valence-corrected chi connectivity index (χ4v) is 2.37. The molecule has 18 heavy (non-hydrogen) atoms. The minimum atomic E-state index is 0.110. The molecule has 0 aromatic carbocycles. The Labute approximate surface area is 110 Å². The number of aryl methyl sites for hydroxylation is 1.